The van der Waals surface area contributed by atoms with Crippen LogP contribution in [0.5, 0.6) is 0 Å². The van der Waals surface area contributed by atoms with E-state index in [0.29, 0.717) is 5.41 Å². The minimum absolute atomic E-state index is 0.235. The van der Waals surface area contributed by atoms with E-state index in [9.17, 15) is 0 Å². The lowest BCUT2D eigenvalue weighted by Crippen LogP contribution is -2.48. The first-order valence-corrected chi connectivity index (χ1v) is 5.99. The Hall–Kier alpha value is -0.0800. The summed E-state index contributed by atoms with van der Waals surface area (Å²) in [7, 11) is 0. The molecular formula is C12H26N2. The van der Waals surface area contributed by atoms with E-state index in [1.54, 1.807) is 0 Å². The van der Waals surface area contributed by atoms with Gasteiger partial charge in [-0.1, -0.05) is 13.8 Å². The highest BCUT2D eigenvalue weighted by atomic mass is 15.0. The lowest BCUT2D eigenvalue weighted by Gasteiger charge is -2.27. The van der Waals surface area contributed by atoms with E-state index >= 15 is 0 Å². The van der Waals surface area contributed by atoms with Crippen LogP contribution in [0.3, 0.4) is 0 Å². The van der Waals surface area contributed by atoms with Gasteiger partial charge in [0.1, 0.15) is 0 Å². The van der Waals surface area contributed by atoms with Crippen LogP contribution in [0.15, 0.2) is 0 Å². The Bertz CT molecular complexity index is 171. The molecular weight excluding hydrogens is 172 g/mol. The fourth-order valence-electron chi connectivity index (χ4n) is 2.01. The van der Waals surface area contributed by atoms with Crippen molar-refractivity contribution in [1.29, 1.82) is 0 Å². The Labute approximate surface area is 88.8 Å². The minimum atomic E-state index is 0.235. The van der Waals surface area contributed by atoms with Gasteiger partial charge in [-0.25, -0.2) is 0 Å². The summed E-state index contributed by atoms with van der Waals surface area (Å²) < 4.78 is 0. The van der Waals surface area contributed by atoms with Crippen molar-refractivity contribution in [3.05, 3.63) is 0 Å². The number of hydrogen-bond acceptors (Lipinski definition) is 2. The molecule has 1 rings (SSSR count). The van der Waals surface area contributed by atoms with Crippen LogP contribution in [-0.2, 0) is 0 Å². The third-order valence-corrected chi connectivity index (χ3v) is 3.43. The molecule has 1 aliphatic rings. The Morgan fingerprint density at radius 3 is 2.29 bits per heavy atom. The van der Waals surface area contributed by atoms with Crippen LogP contribution in [0.1, 0.15) is 47.0 Å². The first-order chi connectivity index (χ1) is 6.54. The summed E-state index contributed by atoms with van der Waals surface area (Å²) in [6.45, 7) is 12.3. The number of nitrogens with one attached hydrogen (secondary N) is 2. The van der Waals surface area contributed by atoms with Crippen molar-refractivity contribution in [1.82, 2.24) is 10.6 Å². The van der Waals surface area contributed by atoms with Gasteiger partial charge in [-0.3, -0.25) is 0 Å². The predicted molar refractivity (Wildman–Crippen MR) is 62.6 cm³/mol. The summed E-state index contributed by atoms with van der Waals surface area (Å²) >= 11 is 0. The highest BCUT2D eigenvalue weighted by Gasteiger charge is 2.40. The van der Waals surface area contributed by atoms with Crippen LogP contribution < -0.4 is 10.6 Å². The fourth-order valence-corrected chi connectivity index (χ4v) is 2.01. The Balaban J connectivity index is 2.14. The molecule has 0 saturated heterocycles. The van der Waals surface area contributed by atoms with Crippen molar-refractivity contribution in [2.24, 2.45) is 5.41 Å². The van der Waals surface area contributed by atoms with E-state index in [1.165, 1.54) is 25.8 Å². The number of hydrogen-bond donors (Lipinski definition) is 2. The number of likely N-dealkylation sites (N-methyl/N-ethyl adjacent to an activating group) is 1. The molecule has 0 aliphatic heterocycles. The Morgan fingerprint density at radius 2 is 1.86 bits per heavy atom. The first kappa shape index (κ1) is 12.0. The van der Waals surface area contributed by atoms with E-state index < -0.39 is 0 Å². The average molecular weight is 198 g/mol. The quantitative estimate of drug-likeness (QED) is 0.655. The molecule has 2 N–H and O–H groups in total. The van der Waals surface area contributed by atoms with Crippen LogP contribution in [-0.4, -0.2) is 25.2 Å². The van der Waals surface area contributed by atoms with Crippen molar-refractivity contribution >= 4 is 0 Å². The van der Waals surface area contributed by atoms with Crippen molar-refractivity contribution in [2.45, 2.75) is 52.5 Å². The van der Waals surface area contributed by atoms with Gasteiger partial charge in [-0.2, -0.15) is 0 Å². The molecule has 0 atom stereocenters. The normalized spacial score (nSPS) is 19.7. The Morgan fingerprint density at radius 1 is 1.21 bits per heavy atom. The fraction of sp³-hybridized carbons (Fsp3) is 1.00. The summed E-state index contributed by atoms with van der Waals surface area (Å²) in [4.78, 5) is 0. The second kappa shape index (κ2) is 4.63. The standard InChI is InChI=1S/C12H26N2/c1-5-12(7-8-12)10-13-9-11(3,4)14-6-2/h13-14H,5-10H2,1-4H3. The summed E-state index contributed by atoms with van der Waals surface area (Å²) in [6, 6.07) is 0. The molecule has 0 aromatic rings. The summed E-state index contributed by atoms with van der Waals surface area (Å²) in [5.41, 5.74) is 0.904. The molecule has 14 heavy (non-hydrogen) atoms. The maximum atomic E-state index is 3.60. The second-order valence-corrected chi connectivity index (χ2v) is 5.37. The molecule has 1 aliphatic carbocycles. The first-order valence-electron chi connectivity index (χ1n) is 5.99. The summed E-state index contributed by atoms with van der Waals surface area (Å²) in [6.07, 6.45) is 4.19. The zero-order valence-corrected chi connectivity index (χ0v) is 10.2. The molecule has 0 spiro atoms. The molecule has 0 heterocycles. The van der Waals surface area contributed by atoms with E-state index in [2.05, 4.69) is 38.3 Å². The molecule has 0 bridgehead atoms. The van der Waals surface area contributed by atoms with E-state index in [-0.39, 0.29) is 5.54 Å². The zero-order valence-electron chi connectivity index (χ0n) is 10.2. The maximum Gasteiger partial charge on any atom is 0.0249 e. The predicted octanol–water partition coefficient (Wildman–Crippen LogP) is 2.15. The Kier molecular flexibility index (Phi) is 3.96. The van der Waals surface area contributed by atoms with Crippen LogP contribution in [0.25, 0.3) is 0 Å². The van der Waals surface area contributed by atoms with Crippen LogP contribution in [0.2, 0.25) is 0 Å². The highest BCUT2D eigenvalue weighted by molar-refractivity contribution is 4.94. The minimum Gasteiger partial charge on any atom is -0.314 e. The lowest BCUT2D eigenvalue weighted by atomic mass is 10.0. The summed E-state index contributed by atoms with van der Waals surface area (Å²) in [5, 5.41) is 7.09. The average Bonchev–Trinajstić information content (AvgIpc) is 2.85. The van der Waals surface area contributed by atoms with Gasteiger partial charge in [0.2, 0.25) is 0 Å². The van der Waals surface area contributed by atoms with Crippen molar-refractivity contribution in [2.75, 3.05) is 19.6 Å². The molecule has 0 unspecified atom stereocenters. The van der Waals surface area contributed by atoms with Crippen LogP contribution in [0, 0.1) is 5.41 Å². The number of rotatable bonds is 7. The van der Waals surface area contributed by atoms with Gasteiger partial charge in [0.05, 0.1) is 0 Å². The molecule has 2 nitrogen and oxygen atoms in total. The molecule has 0 aromatic heterocycles. The molecule has 1 fully saturated rings. The van der Waals surface area contributed by atoms with Crippen molar-refractivity contribution in [3.8, 4) is 0 Å². The van der Waals surface area contributed by atoms with E-state index in [4.69, 9.17) is 0 Å². The van der Waals surface area contributed by atoms with E-state index in [0.717, 1.165) is 13.1 Å². The van der Waals surface area contributed by atoms with E-state index in [1.807, 2.05) is 0 Å². The van der Waals surface area contributed by atoms with Crippen LogP contribution in [0.4, 0.5) is 0 Å². The van der Waals surface area contributed by atoms with Crippen molar-refractivity contribution < 1.29 is 0 Å². The molecule has 1 saturated carbocycles. The topological polar surface area (TPSA) is 24.1 Å². The smallest absolute Gasteiger partial charge is 0.0249 e. The highest BCUT2D eigenvalue weighted by Crippen LogP contribution is 2.47. The van der Waals surface area contributed by atoms with Gasteiger partial charge in [0.25, 0.3) is 0 Å². The SMILES string of the molecule is CCNC(C)(C)CNCC1(CC)CC1. The van der Waals surface area contributed by atoms with Gasteiger partial charge in [0.15, 0.2) is 0 Å². The van der Waals surface area contributed by atoms with Gasteiger partial charge in [-0.05, 0) is 45.1 Å². The summed E-state index contributed by atoms with van der Waals surface area (Å²) in [5.74, 6) is 0. The van der Waals surface area contributed by atoms with Gasteiger partial charge >= 0.3 is 0 Å². The van der Waals surface area contributed by atoms with Crippen molar-refractivity contribution in [3.63, 3.8) is 0 Å². The molecule has 84 valence electrons. The largest absolute Gasteiger partial charge is 0.314 e. The zero-order chi connectivity index (χ0) is 10.7. The lowest BCUT2D eigenvalue weighted by molar-refractivity contribution is 0.347. The van der Waals surface area contributed by atoms with Crippen LogP contribution >= 0.6 is 0 Å². The third-order valence-electron chi connectivity index (χ3n) is 3.43. The second-order valence-electron chi connectivity index (χ2n) is 5.37. The molecule has 0 aromatic carbocycles. The molecule has 0 radical (unpaired) electrons. The molecule has 2 heteroatoms. The molecule has 0 amide bonds. The van der Waals surface area contributed by atoms with Gasteiger partial charge in [-0.15, -0.1) is 0 Å². The van der Waals surface area contributed by atoms with Gasteiger partial charge < -0.3 is 10.6 Å². The van der Waals surface area contributed by atoms with Gasteiger partial charge in [0, 0.05) is 18.6 Å². The maximum absolute atomic E-state index is 3.60. The third kappa shape index (κ3) is 3.58. The monoisotopic (exact) mass is 198 g/mol.